The highest BCUT2D eigenvalue weighted by atomic mass is 16.6. The zero-order valence-electron chi connectivity index (χ0n) is 6.03. The summed E-state index contributed by atoms with van der Waals surface area (Å²) >= 11 is 0. The Morgan fingerprint density at radius 1 is 1.40 bits per heavy atom. The van der Waals surface area contributed by atoms with E-state index >= 15 is 0 Å². The lowest BCUT2D eigenvalue weighted by atomic mass is 9.86. The third-order valence-corrected chi connectivity index (χ3v) is 1.20. The van der Waals surface area contributed by atoms with Crippen LogP contribution in [0.15, 0.2) is 22.8 Å². The van der Waals surface area contributed by atoms with Crippen LogP contribution in [0.4, 0.5) is 0 Å². The fourth-order valence-corrected chi connectivity index (χ4v) is 0.754. The maximum Gasteiger partial charge on any atom is 0.531 e. The lowest BCUT2D eigenvalue weighted by Crippen LogP contribution is -2.33. The molecule has 1 aromatic rings. The van der Waals surface area contributed by atoms with Crippen molar-refractivity contribution in [2.24, 2.45) is 0 Å². The zero-order chi connectivity index (χ0) is 7.40. The zero-order valence-corrected chi connectivity index (χ0v) is 6.03. The van der Waals surface area contributed by atoms with E-state index in [1.165, 1.54) is 0 Å². The Hall–Kier alpha value is -0.735. The third kappa shape index (κ3) is 1.40. The Kier molecular flexibility index (Phi) is 2.53. The van der Waals surface area contributed by atoms with Crippen LogP contribution in [0.25, 0.3) is 0 Å². The summed E-state index contributed by atoms with van der Waals surface area (Å²) in [5.74, 6) is 0. The van der Waals surface area contributed by atoms with E-state index in [0.717, 1.165) is 0 Å². The van der Waals surface area contributed by atoms with Crippen molar-refractivity contribution in [2.75, 3.05) is 14.2 Å². The van der Waals surface area contributed by atoms with Crippen LogP contribution in [0.3, 0.4) is 0 Å². The van der Waals surface area contributed by atoms with Crippen molar-refractivity contribution in [3.8, 4) is 0 Å². The van der Waals surface area contributed by atoms with Crippen molar-refractivity contribution in [2.45, 2.75) is 0 Å². The predicted molar refractivity (Wildman–Crippen MR) is 38.1 cm³/mol. The Morgan fingerprint density at radius 3 is 2.50 bits per heavy atom. The van der Waals surface area contributed by atoms with Crippen molar-refractivity contribution in [3.63, 3.8) is 0 Å². The molecule has 3 nitrogen and oxygen atoms in total. The van der Waals surface area contributed by atoms with Gasteiger partial charge < -0.3 is 13.7 Å². The highest BCUT2D eigenvalue weighted by Gasteiger charge is 2.20. The van der Waals surface area contributed by atoms with Gasteiger partial charge in [0.15, 0.2) is 0 Å². The second-order valence-corrected chi connectivity index (χ2v) is 1.82. The maximum absolute atomic E-state index is 5.03. The summed E-state index contributed by atoms with van der Waals surface area (Å²) in [6, 6.07) is 3.60. The molecule has 0 unspecified atom stereocenters. The van der Waals surface area contributed by atoms with Crippen LogP contribution < -0.4 is 5.66 Å². The van der Waals surface area contributed by atoms with Crippen LogP contribution in [0.5, 0.6) is 0 Å². The van der Waals surface area contributed by atoms with E-state index in [1.54, 1.807) is 32.6 Å². The Labute approximate surface area is 60.1 Å². The van der Waals surface area contributed by atoms with Crippen LogP contribution in [-0.2, 0) is 9.31 Å². The van der Waals surface area contributed by atoms with E-state index in [-0.39, 0.29) is 7.12 Å². The van der Waals surface area contributed by atoms with Gasteiger partial charge >= 0.3 is 7.12 Å². The minimum atomic E-state index is -0.380. The predicted octanol–water partition coefficient (Wildman–Crippen LogP) is 0.268. The minimum absolute atomic E-state index is 0.380. The molecule has 0 amide bonds. The molecule has 1 heterocycles. The third-order valence-electron chi connectivity index (χ3n) is 1.20. The SMILES string of the molecule is COB(OC)c1ccco1. The standard InChI is InChI=1S/C6H9BO3/c1-8-7(9-2)6-4-3-5-10-6/h3-5H,1-2H3. The summed E-state index contributed by atoms with van der Waals surface area (Å²) in [6.45, 7) is 0. The molecular formula is C6H9BO3. The quantitative estimate of drug-likeness (QED) is 0.564. The van der Waals surface area contributed by atoms with Gasteiger partial charge in [-0.05, 0) is 12.1 Å². The van der Waals surface area contributed by atoms with E-state index in [0.29, 0.717) is 5.66 Å². The molecule has 4 heteroatoms. The Bertz CT molecular complexity index is 169. The molecule has 1 aromatic heterocycles. The van der Waals surface area contributed by atoms with Crippen LogP contribution >= 0.6 is 0 Å². The summed E-state index contributed by atoms with van der Waals surface area (Å²) in [5, 5.41) is 0. The molecule has 0 aliphatic rings. The fraction of sp³-hybridized carbons (Fsp3) is 0.333. The molecular weight excluding hydrogens is 131 g/mol. The van der Waals surface area contributed by atoms with Gasteiger partial charge in [-0.3, -0.25) is 0 Å². The van der Waals surface area contributed by atoms with E-state index in [1.807, 2.05) is 0 Å². The molecule has 0 bridgehead atoms. The lowest BCUT2D eigenvalue weighted by Gasteiger charge is -2.02. The highest BCUT2D eigenvalue weighted by molar-refractivity contribution is 6.59. The van der Waals surface area contributed by atoms with Gasteiger partial charge in [0, 0.05) is 14.2 Å². The van der Waals surface area contributed by atoms with E-state index in [2.05, 4.69) is 0 Å². The molecule has 0 radical (unpaired) electrons. The number of rotatable bonds is 3. The van der Waals surface area contributed by atoms with Gasteiger partial charge in [0.2, 0.25) is 0 Å². The molecule has 0 spiro atoms. The van der Waals surface area contributed by atoms with Gasteiger partial charge in [-0.15, -0.1) is 0 Å². The molecule has 0 atom stereocenters. The molecule has 0 saturated heterocycles. The molecule has 54 valence electrons. The fourth-order valence-electron chi connectivity index (χ4n) is 0.754. The second kappa shape index (κ2) is 3.44. The van der Waals surface area contributed by atoms with Crippen molar-refractivity contribution in [1.82, 2.24) is 0 Å². The smallest absolute Gasteiger partial charge is 0.473 e. The van der Waals surface area contributed by atoms with E-state index in [4.69, 9.17) is 13.7 Å². The van der Waals surface area contributed by atoms with Crippen molar-refractivity contribution in [3.05, 3.63) is 18.4 Å². The minimum Gasteiger partial charge on any atom is -0.473 e. The van der Waals surface area contributed by atoms with Gasteiger partial charge in [0.25, 0.3) is 0 Å². The first-order valence-corrected chi connectivity index (χ1v) is 2.97. The Morgan fingerprint density at radius 2 is 2.10 bits per heavy atom. The van der Waals surface area contributed by atoms with Crippen molar-refractivity contribution >= 4 is 12.8 Å². The molecule has 0 aromatic carbocycles. The number of hydrogen-bond donors (Lipinski definition) is 0. The maximum atomic E-state index is 5.03. The van der Waals surface area contributed by atoms with E-state index in [9.17, 15) is 0 Å². The first-order valence-electron chi connectivity index (χ1n) is 2.97. The summed E-state index contributed by atoms with van der Waals surface area (Å²) in [7, 11) is 2.75. The van der Waals surface area contributed by atoms with Gasteiger partial charge in [0.1, 0.15) is 5.66 Å². The van der Waals surface area contributed by atoms with Crippen molar-refractivity contribution < 1.29 is 13.7 Å². The second-order valence-electron chi connectivity index (χ2n) is 1.82. The average Bonchev–Trinajstić information content (AvgIpc) is 2.43. The normalized spacial score (nSPS) is 9.80. The lowest BCUT2D eigenvalue weighted by molar-refractivity contribution is 0.285. The van der Waals surface area contributed by atoms with Crippen LogP contribution in [0.2, 0.25) is 0 Å². The summed E-state index contributed by atoms with van der Waals surface area (Å²) in [5.41, 5.74) is 0.685. The highest BCUT2D eigenvalue weighted by Crippen LogP contribution is 1.89. The number of hydrogen-bond acceptors (Lipinski definition) is 3. The number of furan rings is 1. The van der Waals surface area contributed by atoms with Gasteiger partial charge in [-0.25, -0.2) is 0 Å². The Balaban J connectivity index is 2.64. The van der Waals surface area contributed by atoms with Gasteiger partial charge in [0.05, 0.1) is 6.26 Å². The molecule has 0 saturated carbocycles. The molecule has 0 aliphatic carbocycles. The topological polar surface area (TPSA) is 31.6 Å². The first-order chi connectivity index (χ1) is 4.88. The molecule has 0 fully saturated rings. The largest absolute Gasteiger partial charge is 0.531 e. The molecule has 0 N–H and O–H groups in total. The van der Waals surface area contributed by atoms with Crippen molar-refractivity contribution in [1.29, 1.82) is 0 Å². The van der Waals surface area contributed by atoms with Crippen LogP contribution in [-0.4, -0.2) is 21.3 Å². The van der Waals surface area contributed by atoms with Crippen LogP contribution in [0, 0.1) is 0 Å². The van der Waals surface area contributed by atoms with Gasteiger partial charge in [-0.1, -0.05) is 0 Å². The van der Waals surface area contributed by atoms with E-state index < -0.39 is 0 Å². The first kappa shape index (κ1) is 7.37. The average molecular weight is 140 g/mol. The molecule has 0 aliphatic heterocycles. The van der Waals surface area contributed by atoms with Gasteiger partial charge in [-0.2, -0.15) is 0 Å². The molecule has 1 rings (SSSR count). The van der Waals surface area contributed by atoms with Crippen LogP contribution in [0.1, 0.15) is 0 Å². The monoisotopic (exact) mass is 140 g/mol. The summed E-state index contributed by atoms with van der Waals surface area (Å²) in [4.78, 5) is 0. The molecule has 10 heavy (non-hydrogen) atoms. The summed E-state index contributed by atoms with van der Waals surface area (Å²) in [6.07, 6.45) is 1.58. The summed E-state index contributed by atoms with van der Waals surface area (Å²) < 4.78 is 14.9.